The maximum atomic E-state index is 9.97. The van der Waals surface area contributed by atoms with E-state index in [-0.39, 0.29) is 0 Å². The van der Waals surface area contributed by atoms with Gasteiger partial charge >= 0.3 is 6.47 Å². The third-order valence-electron chi connectivity index (χ3n) is 1.96. The van der Waals surface area contributed by atoms with Crippen molar-refractivity contribution in [3.05, 3.63) is 54.6 Å². The summed E-state index contributed by atoms with van der Waals surface area (Å²) in [5.74, 6) is 1.89. The lowest BCUT2D eigenvalue weighted by Gasteiger charge is -2.05. The highest BCUT2D eigenvalue weighted by Gasteiger charge is 1.97. The summed E-state index contributed by atoms with van der Waals surface area (Å²) < 4.78 is 10.1. The van der Waals surface area contributed by atoms with Gasteiger partial charge in [-0.05, 0) is 36.4 Å². The second kappa shape index (κ2) is 4.98. The molecule has 0 saturated carbocycles. The molecule has 3 nitrogen and oxygen atoms in total. The Bertz CT molecular complexity index is 448. The van der Waals surface area contributed by atoms with Gasteiger partial charge in [-0.1, -0.05) is 18.2 Å². The lowest BCUT2D eigenvalue weighted by molar-refractivity contribution is 0.440. The summed E-state index contributed by atoms with van der Waals surface area (Å²) in [5, 5.41) is 0. The third kappa shape index (κ3) is 2.60. The summed E-state index contributed by atoms with van der Waals surface area (Å²) in [6, 6.07) is 16.2. The van der Waals surface area contributed by atoms with Crippen molar-refractivity contribution in [3.63, 3.8) is 0 Å². The molecule has 16 heavy (non-hydrogen) atoms. The highest BCUT2D eigenvalue weighted by atomic mass is 16.5. The second-order valence-corrected chi connectivity index (χ2v) is 3.07. The van der Waals surface area contributed by atoms with Crippen molar-refractivity contribution in [1.82, 2.24) is 0 Å². The summed E-state index contributed by atoms with van der Waals surface area (Å²) in [4.78, 5) is 9.97. The molecular weight excluding hydrogens is 204 g/mol. The Balaban J connectivity index is 2.08. The van der Waals surface area contributed by atoms with Gasteiger partial charge in [0.15, 0.2) is 0 Å². The fraction of sp³-hybridized carbons (Fsp3) is 0. The first-order chi connectivity index (χ1) is 7.88. The molecule has 0 unspecified atom stereocenters. The molecule has 0 aliphatic rings. The van der Waals surface area contributed by atoms with Crippen molar-refractivity contribution < 1.29 is 14.3 Å². The largest absolute Gasteiger partial charge is 0.457 e. The number of rotatable bonds is 4. The van der Waals surface area contributed by atoms with E-state index in [0.29, 0.717) is 11.5 Å². The minimum atomic E-state index is 0.440. The lowest BCUT2D eigenvalue weighted by Crippen LogP contribution is -1.88. The van der Waals surface area contributed by atoms with Crippen LogP contribution in [0, 0.1) is 0 Å². The van der Waals surface area contributed by atoms with Crippen LogP contribution in [-0.2, 0) is 4.79 Å². The summed E-state index contributed by atoms with van der Waals surface area (Å²) in [6.45, 7) is 1.36. The molecule has 2 aromatic rings. The molecule has 0 aromatic heterocycles. The predicted molar refractivity (Wildman–Crippen MR) is 59.3 cm³/mol. The molecule has 0 amide bonds. The first kappa shape index (κ1) is 10.2. The van der Waals surface area contributed by atoms with Crippen molar-refractivity contribution in [1.29, 1.82) is 0 Å². The van der Waals surface area contributed by atoms with Crippen LogP contribution >= 0.6 is 0 Å². The SMILES string of the molecule is O=[C]Oc1ccc(Oc2ccccc2)cc1. The molecule has 0 spiro atoms. The van der Waals surface area contributed by atoms with E-state index in [4.69, 9.17) is 4.74 Å². The van der Waals surface area contributed by atoms with Crippen LogP contribution in [-0.4, -0.2) is 6.47 Å². The van der Waals surface area contributed by atoms with Crippen LogP contribution in [0.5, 0.6) is 17.2 Å². The minimum absolute atomic E-state index is 0.440. The van der Waals surface area contributed by atoms with Gasteiger partial charge in [0.25, 0.3) is 0 Å². The number of ether oxygens (including phenoxy) is 2. The average Bonchev–Trinajstić information content (AvgIpc) is 2.33. The van der Waals surface area contributed by atoms with Crippen LogP contribution < -0.4 is 9.47 Å². The highest BCUT2D eigenvalue weighted by molar-refractivity contribution is 5.47. The van der Waals surface area contributed by atoms with Crippen LogP contribution in [0.4, 0.5) is 0 Å². The zero-order chi connectivity index (χ0) is 11.2. The summed E-state index contributed by atoms with van der Waals surface area (Å²) in [6.07, 6.45) is 0. The molecule has 0 atom stereocenters. The van der Waals surface area contributed by atoms with E-state index >= 15 is 0 Å². The molecule has 2 rings (SSSR count). The van der Waals surface area contributed by atoms with E-state index in [9.17, 15) is 4.79 Å². The summed E-state index contributed by atoms with van der Waals surface area (Å²) in [7, 11) is 0. The molecular formula is C13H9O3. The van der Waals surface area contributed by atoms with Crippen LogP contribution in [0.25, 0.3) is 0 Å². The van der Waals surface area contributed by atoms with E-state index in [1.54, 1.807) is 24.3 Å². The van der Waals surface area contributed by atoms with Crippen molar-refractivity contribution in [2.24, 2.45) is 0 Å². The van der Waals surface area contributed by atoms with E-state index < -0.39 is 0 Å². The fourth-order valence-electron chi connectivity index (χ4n) is 1.25. The van der Waals surface area contributed by atoms with Gasteiger partial charge in [0.1, 0.15) is 17.2 Å². The normalized spacial score (nSPS) is 9.50. The van der Waals surface area contributed by atoms with Gasteiger partial charge in [-0.3, -0.25) is 0 Å². The quantitative estimate of drug-likeness (QED) is 0.783. The molecule has 0 heterocycles. The minimum Gasteiger partial charge on any atom is -0.457 e. The number of hydrogen-bond donors (Lipinski definition) is 0. The van der Waals surface area contributed by atoms with Crippen molar-refractivity contribution in [2.45, 2.75) is 0 Å². The van der Waals surface area contributed by atoms with E-state index in [2.05, 4.69) is 4.74 Å². The molecule has 0 aliphatic carbocycles. The molecule has 0 saturated heterocycles. The number of benzene rings is 2. The van der Waals surface area contributed by atoms with Crippen LogP contribution in [0.15, 0.2) is 54.6 Å². The van der Waals surface area contributed by atoms with Gasteiger partial charge in [-0.25, -0.2) is 4.79 Å². The van der Waals surface area contributed by atoms with Crippen molar-refractivity contribution >= 4 is 6.47 Å². The van der Waals surface area contributed by atoms with Gasteiger partial charge < -0.3 is 9.47 Å². The second-order valence-electron chi connectivity index (χ2n) is 3.07. The first-order valence-corrected chi connectivity index (χ1v) is 4.75. The Hall–Kier alpha value is -2.29. The van der Waals surface area contributed by atoms with Crippen LogP contribution in [0.3, 0.4) is 0 Å². The topological polar surface area (TPSA) is 35.5 Å². The standard InChI is InChI=1S/C13H9O3/c14-10-15-11-6-8-13(9-7-11)16-12-4-2-1-3-5-12/h1-9H. The Kier molecular flexibility index (Phi) is 3.18. The molecule has 3 heteroatoms. The van der Waals surface area contributed by atoms with Gasteiger partial charge in [0.05, 0.1) is 0 Å². The predicted octanol–water partition coefficient (Wildman–Crippen LogP) is 2.92. The monoisotopic (exact) mass is 213 g/mol. The third-order valence-corrected chi connectivity index (χ3v) is 1.96. The van der Waals surface area contributed by atoms with E-state index in [0.717, 1.165) is 5.75 Å². The van der Waals surface area contributed by atoms with Gasteiger partial charge in [0, 0.05) is 0 Å². The molecule has 1 radical (unpaired) electrons. The fourth-order valence-corrected chi connectivity index (χ4v) is 1.25. The average molecular weight is 213 g/mol. The summed E-state index contributed by atoms with van der Waals surface area (Å²) in [5.41, 5.74) is 0. The number of para-hydroxylation sites is 1. The van der Waals surface area contributed by atoms with Crippen molar-refractivity contribution in [3.8, 4) is 17.2 Å². The smallest absolute Gasteiger partial charge is 0.423 e. The summed E-state index contributed by atoms with van der Waals surface area (Å²) >= 11 is 0. The first-order valence-electron chi connectivity index (χ1n) is 4.75. The highest BCUT2D eigenvalue weighted by Crippen LogP contribution is 2.23. The molecule has 0 N–H and O–H groups in total. The molecule has 0 bridgehead atoms. The van der Waals surface area contributed by atoms with E-state index in [1.165, 1.54) is 6.47 Å². The Morgan fingerprint density at radius 2 is 1.31 bits per heavy atom. The van der Waals surface area contributed by atoms with E-state index in [1.807, 2.05) is 30.3 Å². The number of carbonyl (C=O) groups excluding carboxylic acids is 1. The Labute approximate surface area is 93.2 Å². The molecule has 0 aliphatic heterocycles. The maximum Gasteiger partial charge on any atom is 0.423 e. The van der Waals surface area contributed by atoms with Gasteiger partial charge in [-0.15, -0.1) is 0 Å². The molecule has 79 valence electrons. The molecule has 2 aromatic carbocycles. The van der Waals surface area contributed by atoms with Gasteiger partial charge in [-0.2, -0.15) is 0 Å². The molecule has 0 fully saturated rings. The van der Waals surface area contributed by atoms with Crippen LogP contribution in [0.1, 0.15) is 0 Å². The Morgan fingerprint density at radius 3 is 1.94 bits per heavy atom. The zero-order valence-electron chi connectivity index (χ0n) is 8.42. The maximum absolute atomic E-state index is 9.97. The lowest BCUT2D eigenvalue weighted by atomic mass is 10.3. The van der Waals surface area contributed by atoms with Gasteiger partial charge in [0.2, 0.25) is 0 Å². The zero-order valence-corrected chi connectivity index (χ0v) is 8.42. The van der Waals surface area contributed by atoms with Crippen LogP contribution in [0.2, 0.25) is 0 Å². The Morgan fingerprint density at radius 1 is 0.750 bits per heavy atom. The van der Waals surface area contributed by atoms with Crippen molar-refractivity contribution in [2.75, 3.05) is 0 Å². The number of hydrogen-bond acceptors (Lipinski definition) is 3.